The Hall–Kier alpha value is -2.17. The summed E-state index contributed by atoms with van der Waals surface area (Å²) < 4.78 is 0. The van der Waals surface area contributed by atoms with Gasteiger partial charge in [0.15, 0.2) is 0 Å². The number of carbonyl (C=O) groups is 3. The number of carbonyl (C=O) groups excluding carboxylic acids is 2. The minimum absolute atomic E-state index is 0.209. The highest BCUT2D eigenvalue weighted by molar-refractivity contribution is 5.98. The first kappa shape index (κ1) is 16.9. The number of carboxylic acid groups (broad SMARTS) is 1. The summed E-state index contributed by atoms with van der Waals surface area (Å²) in [7, 11) is 0. The van der Waals surface area contributed by atoms with Gasteiger partial charge in [-0.1, -0.05) is 38.5 Å². The van der Waals surface area contributed by atoms with Gasteiger partial charge in [0.1, 0.15) is 11.8 Å². The van der Waals surface area contributed by atoms with Gasteiger partial charge < -0.3 is 10.4 Å². The third-order valence-electron chi connectivity index (χ3n) is 3.14. The van der Waals surface area contributed by atoms with Gasteiger partial charge in [-0.3, -0.25) is 9.59 Å². The summed E-state index contributed by atoms with van der Waals surface area (Å²) in [6.07, 6.45) is -0.226. The van der Waals surface area contributed by atoms with Crippen LogP contribution in [0.4, 0.5) is 0 Å². The lowest BCUT2D eigenvalue weighted by Gasteiger charge is -2.20. The average Bonchev–Trinajstić information content (AvgIpc) is 2.37. The van der Waals surface area contributed by atoms with Crippen LogP contribution in [0.5, 0.6) is 0 Å². The highest BCUT2D eigenvalue weighted by Gasteiger charge is 2.29. The molecule has 1 amide bonds. The molecule has 2 N–H and O–H groups in total. The van der Waals surface area contributed by atoms with E-state index in [0.29, 0.717) is 5.56 Å². The van der Waals surface area contributed by atoms with Crippen LogP contribution in [0.25, 0.3) is 0 Å². The number of hydrogen-bond acceptors (Lipinski definition) is 3. The van der Waals surface area contributed by atoms with Crippen molar-refractivity contribution >= 4 is 17.7 Å². The van der Waals surface area contributed by atoms with Crippen molar-refractivity contribution in [2.75, 3.05) is 0 Å². The molecule has 1 rings (SSSR count). The number of aryl methyl sites for hydroxylation is 1. The lowest BCUT2D eigenvalue weighted by atomic mass is 9.87. The predicted octanol–water partition coefficient (Wildman–Crippen LogP) is 2.18. The molecule has 0 aliphatic heterocycles. The van der Waals surface area contributed by atoms with Gasteiger partial charge in [-0.15, -0.1) is 0 Å². The summed E-state index contributed by atoms with van der Waals surface area (Å²) in [4.78, 5) is 35.2. The normalized spacial score (nSPS) is 12.6. The third-order valence-corrected chi connectivity index (χ3v) is 3.14. The molecule has 0 aliphatic rings. The smallest absolute Gasteiger partial charge is 0.326 e. The number of hydrogen-bond donors (Lipinski definition) is 2. The van der Waals surface area contributed by atoms with Crippen molar-refractivity contribution in [3.63, 3.8) is 0 Å². The zero-order valence-electron chi connectivity index (χ0n) is 12.8. The van der Waals surface area contributed by atoms with E-state index >= 15 is 0 Å². The minimum Gasteiger partial charge on any atom is -0.480 e. The Balaban J connectivity index is 2.79. The molecular formula is C16H21NO4. The van der Waals surface area contributed by atoms with Crippen LogP contribution in [-0.2, 0) is 9.59 Å². The van der Waals surface area contributed by atoms with Crippen LogP contribution >= 0.6 is 0 Å². The van der Waals surface area contributed by atoms with Crippen molar-refractivity contribution in [2.45, 2.75) is 40.2 Å². The van der Waals surface area contributed by atoms with Gasteiger partial charge in [-0.2, -0.15) is 0 Å². The fraction of sp³-hybridized carbons (Fsp3) is 0.438. The van der Waals surface area contributed by atoms with Gasteiger partial charge in [-0.25, -0.2) is 4.79 Å². The first-order chi connectivity index (χ1) is 9.61. The number of benzene rings is 1. The van der Waals surface area contributed by atoms with Crippen molar-refractivity contribution in [3.8, 4) is 0 Å². The summed E-state index contributed by atoms with van der Waals surface area (Å²) in [5.74, 6) is -1.92. The molecular weight excluding hydrogens is 270 g/mol. The number of nitrogens with one attached hydrogen (secondary N) is 1. The molecule has 0 radical (unpaired) electrons. The molecule has 0 bridgehead atoms. The molecule has 1 aromatic rings. The molecule has 1 aromatic carbocycles. The van der Waals surface area contributed by atoms with E-state index in [1.54, 1.807) is 45.0 Å². The minimum atomic E-state index is -1.22. The van der Waals surface area contributed by atoms with Gasteiger partial charge in [-0.05, 0) is 19.1 Å². The van der Waals surface area contributed by atoms with E-state index < -0.39 is 23.3 Å². The number of carboxylic acids is 1. The summed E-state index contributed by atoms with van der Waals surface area (Å²) in [5, 5.41) is 11.6. The fourth-order valence-electron chi connectivity index (χ4n) is 1.64. The van der Waals surface area contributed by atoms with Gasteiger partial charge in [0.25, 0.3) is 5.91 Å². The second kappa shape index (κ2) is 6.52. The number of aliphatic carboxylic acids is 1. The maximum Gasteiger partial charge on any atom is 0.326 e. The van der Waals surface area contributed by atoms with E-state index in [1.165, 1.54) is 0 Å². The van der Waals surface area contributed by atoms with Crippen molar-refractivity contribution < 1.29 is 19.5 Å². The first-order valence-electron chi connectivity index (χ1n) is 6.75. The van der Waals surface area contributed by atoms with Crippen molar-refractivity contribution in [2.24, 2.45) is 5.41 Å². The molecule has 5 heteroatoms. The molecule has 114 valence electrons. The van der Waals surface area contributed by atoms with E-state index in [2.05, 4.69) is 5.32 Å². The highest BCUT2D eigenvalue weighted by Crippen LogP contribution is 2.18. The summed E-state index contributed by atoms with van der Waals surface area (Å²) >= 11 is 0. The maximum absolute atomic E-state index is 12.0. The Morgan fingerprint density at radius 1 is 1.14 bits per heavy atom. The monoisotopic (exact) mass is 291 g/mol. The van der Waals surface area contributed by atoms with E-state index in [0.717, 1.165) is 5.56 Å². The second-order valence-corrected chi connectivity index (χ2v) is 6.11. The first-order valence-corrected chi connectivity index (χ1v) is 6.75. The van der Waals surface area contributed by atoms with Gasteiger partial charge in [0, 0.05) is 17.4 Å². The number of rotatable bonds is 5. The van der Waals surface area contributed by atoms with E-state index in [9.17, 15) is 14.4 Å². The van der Waals surface area contributed by atoms with Crippen molar-refractivity contribution in [1.29, 1.82) is 0 Å². The SMILES string of the molecule is Cc1ccc(C(=O)NC(CC(=O)C(C)(C)C)C(=O)O)cc1. The molecule has 0 aromatic heterocycles. The van der Waals surface area contributed by atoms with Crippen LogP contribution < -0.4 is 5.32 Å². The van der Waals surface area contributed by atoms with Crippen LogP contribution in [0.15, 0.2) is 24.3 Å². The Bertz CT molecular complexity index is 540. The molecule has 0 aliphatic carbocycles. The molecule has 5 nitrogen and oxygen atoms in total. The summed E-state index contributed by atoms with van der Waals surface area (Å²) in [5.41, 5.74) is 0.738. The number of amides is 1. The topological polar surface area (TPSA) is 83.5 Å². The van der Waals surface area contributed by atoms with Crippen molar-refractivity contribution in [1.82, 2.24) is 5.32 Å². The average molecular weight is 291 g/mol. The van der Waals surface area contributed by atoms with Crippen LogP contribution in [0.3, 0.4) is 0 Å². The molecule has 0 spiro atoms. The number of Topliss-reactive ketones (excluding diaryl/α,β-unsaturated/α-hetero) is 1. The van der Waals surface area contributed by atoms with Gasteiger partial charge in [0.2, 0.25) is 0 Å². The lowest BCUT2D eigenvalue weighted by molar-refractivity contribution is -0.142. The molecule has 1 unspecified atom stereocenters. The highest BCUT2D eigenvalue weighted by atomic mass is 16.4. The quantitative estimate of drug-likeness (QED) is 0.871. The van der Waals surface area contributed by atoms with Crippen LogP contribution in [0.1, 0.15) is 43.1 Å². The zero-order valence-corrected chi connectivity index (χ0v) is 12.8. The van der Waals surface area contributed by atoms with E-state index in [1.807, 2.05) is 6.92 Å². The van der Waals surface area contributed by atoms with Crippen LogP contribution in [0.2, 0.25) is 0 Å². The Labute approximate surface area is 124 Å². The maximum atomic E-state index is 12.0. The van der Waals surface area contributed by atoms with E-state index in [-0.39, 0.29) is 12.2 Å². The Kier molecular flexibility index (Phi) is 5.24. The van der Waals surface area contributed by atoms with Gasteiger partial charge in [0.05, 0.1) is 0 Å². The van der Waals surface area contributed by atoms with E-state index in [4.69, 9.17) is 5.11 Å². The standard InChI is InChI=1S/C16H21NO4/c1-10-5-7-11(8-6-10)14(19)17-12(15(20)21)9-13(18)16(2,3)4/h5-8,12H,9H2,1-4H3,(H,17,19)(H,20,21). The largest absolute Gasteiger partial charge is 0.480 e. The van der Waals surface area contributed by atoms with Crippen LogP contribution in [0, 0.1) is 12.3 Å². The Morgan fingerprint density at radius 2 is 1.67 bits per heavy atom. The predicted molar refractivity (Wildman–Crippen MR) is 79.1 cm³/mol. The molecule has 1 atom stereocenters. The molecule has 21 heavy (non-hydrogen) atoms. The van der Waals surface area contributed by atoms with Crippen LogP contribution in [-0.4, -0.2) is 28.8 Å². The number of ketones is 1. The summed E-state index contributed by atoms with van der Waals surface area (Å²) in [6.45, 7) is 7.05. The van der Waals surface area contributed by atoms with Crippen molar-refractivity contribution in [3.05, 3.63) is 35.4 Å². The lowest BCUT2D eigenvalue weighted by Crippen LogP contribution is -2.43. The molecule has 0 saturated carbocycles. The zero-order chi connectivity index (χ0) is 16.2. The fourth-order valence-corrected chi connectivity index (χ4v) is 1.64. The Morgan fingerprint density at radius 3 is 2.10 bits per heavy atom. The molecule has 0 heterocycles. The second-order valence-electron chi connectivity index (χ2n) is 6.11. The van der Waals surface area contributed by atoms with Gasteiger partial charge >= 0.3 is 5.97 Å². The molecule has 0 fully saturated rings. The summed E-state index contributed by atoms with van der Waals surface area (Å²) in [6, 6.07) is 5.56. The molecule has 0 saturated heterocycles. The third kappa shape index (κ3) is 5.02.